The highest BCUT2D eigenvalue weighted by Crippen LogP contribution is 2.30. The molecule has 0 atom stereocenters. The molecule has 80 valence electrons. The molecule has 0 fully saturated rings. The summed E-state index contributed by atoms with van der Waals surface area (Å²) in [5.41, 5.74) is 1.90. The molecule has 0 aliphatic carbocycles. The van der Waals surface area contributed by atoms with Crippen LogP contribution in [0.15, 0.2) is 8.83 Å². The average molecular weight is 227 g/mol. The van der Waals surface area contributed by atoms with Gasteiger partial charge in [-0.2, -0.15) is 0 Å². The lowest BCUT2D eigenvalue weighted by Gasteiger charge is -1.92. The van der Waals surface area contributed by atoms with Crippen molar-refractivity contribution in [1.82, 2.24) is 10.2 Å². The van der Waals surface area contributed by atoms with Gasteiger partial charge in [0, 0.05) is 5.56 Å². The molecular formula is C10H11ClN2O2. The van der Waals surface area contributed by atoms with Crippen molar-refractivity contribution in [2.24, 2.45) is 0 Å². The summed E-state index contributed by atoms with van der Waals surface area (Å²) in [4.78, 5) is 0. The van der Waals surface area contributed by atoms with Crippen molar-refractivity contribution in [2.75, 3.05) is 0 Å². The van der Waals surface area contributed by atoms with Crippen LogP contribution in [0.5, 0.6) is 0 Å². The smallest absolute Gasteiger partial charge is 0.251 e. The molecule has 0 aromatic carbocycles. The van der Waals surface area contributed by atoms with Crippen LogP contribution in [0.2, 0.25) is 0 Å². The van der Waals surface area contributed by atoms with Gasteiger partial charge in [0.05, 0.1) is 5.56 Å². The normalized spacial score (nSPS) is 10.9. The van der Waals surface area contributed by atoms with E-state index in [1.165, 1.54) is 0 Å². The summed E-state index contributed by atoms with van der Waals surface area (Å²) >= 11 is 5.59. The lowest BCUT2D eigenvalue weighted by molar-refractivity contribution is 0.498. The molecule has 0 aliphatic rings. The molecule has 0 bridgehead atoms. The number of hydrogen-bond donors (Lipinski definition) is 0. The molecule has 0 saturated heterocycles. The number of rotatable bonds is 2. The minimum Gasteiger partial charge on any atom is -0.466 e. The van der Waals surface area contributed by atoms with Gasteiger partial charge < -0.3 is 8.83 Å². The van der Waals surface area contributed by atoms with Crippen LogP contribution in [0.1, 0.15) is 23.0 Å². The minimum atomic E-state index is 0.224. The van der Waals surface area contributed by atoms with E-state index in [0.29, 0.717) is 11.8 Å². The van der Waals surface area contributed by atoms with E-state index in [1.54, 1.807) is 0 Å². The fourth-order valence-electron chi connectivity index (χ4n) is 1.52. The molecule has 2 aromatic rings. The number of alkyl halides is 1. The van der Waals surface area contributed by atoms with Gasteiger partial charge >= 0.3 is 0 Å². The summed E-state index contributed by atoms with van der Waals surface area (Å²) in [5, 5.41) is 7.74. The number of furan rings is 1. The van der Waals surface area contributed by atoms with Crippen molar-refractivity contribution in [1.29, 1.82) is 0 Å². The van der Waals surface area contributed by atoms with Crippen molar-refractivity contribution in [2.45, 2.75) is 26.7 Å². The first-order valence-corrected chi connectivity index (χ1v) is 5.12. The molecule has 2 rings (SSSR count). The Hall–Kier alpha value is -1.29. The molecule has 0 spiro atoms. The zero-order chi connectivity index (χ0) is 11.0. The first-order chi connectivity index (χ1) is 7.13. The predicted octanol–water partition coefficient (Wildman–Crippen LogP) is 2.99. The van der Waals surface area contributed by atoms with Crippen molar-refractivity contribution >= 4 is 11.6 Å². The second-order valence-corrected chi connectivity index (χ2v) is 3.62. The quantitative estimate of drug-likeness (QED) is 0.739. The molecule has 5 heteroatoms. The van der Waals surface area contributed by atoms with Crippen LogP contribution in [0.25, 0.3) is 11.5 Å². The highest BCUT2D eigenvalue weighted by Gasteiger charge is 2.18. The maximum atomic E-state index is 5.59. The molecule has 0 radical (unpaired) electrons. The van der Waals surface area contributed by atoms with Crippen molar-refractivity contribution in [3.8, 4) is 11.5 Å². The summed E-state index contributed by atoms with van der Waals surface area (Å²) in [7, 11) is 0. The van der Waals surface area contributed by atoms with Gasteiger partial charge in [-0.1, -0.05) is 0 Å². The fraction of sp³-hybridized carbons (Fsp3) is 0.400. The lowest BCUT2D eigenvalue weighted by Crippen LogP contribution is -1.81. The summed E-state index contributed by atoms with van der Waals surface area (Å²) in [6, 6.07) is 0. The third kappa shape index (κ3) is 1.65. The van der Waals surface area contributed by atoms with Crippen LogP contribution in [-0.4, -0.2) is 10.2 Å². The third-order valence-corrected chi connectivity index (χ3v) is 2.59. The van der Waals surface area contributed by atoms with Gasteiger partial charge in [0.15, 0.2) is 0 Å². The molecule has 0 aliphatic heterocycles. The van der Waals surface area contributed by atoms with Gasteiger partial charge in [-0.25, -0.2) is 0 Å². The van der Waals surface area contributed by atoms with E-state index in [1.807, 2.05) is 20.8 Å². The molecule has 0 unspecified atom stereocenters. The van der Waals surface area contributed by atoms with Crippen LogP contribution in [0.3, 0.4) is 0 Å². The van der Waals surface area contributed by atoms with Crippen LogP contribution in [-0.2, 0) is 5.88 Å². The second kappa shape index (κ2) is 3.70. The van der Waals surface area contributed by atoms with Gasteiger partial charge in [0.1, 0.15) is 17.4 Å². The zero-order valence-corrected chi connectivity index (χ0v) is 9.55. The largest absolute Gasteiger partial charge is 0.466 e. The number of nitrogens with zero attached hydrogens (tertiary/aromatic N) is 2. The van der Waals surface area contributed by atoms with E-state index < -0.39 is 0 Å². The number of aryl methyl sites for hydroxylation is 2. The Morgan fingerprint density at radius 3 is 2.27 bits per heavy atom. The monoisotopic (exact) mass is 226 g/mol. The molecule has 15 heavy (non-hydrogen) atoms. The van der Waals surface area contributed by atoms with Crippen molar-refractivity contribution in [3.63, 3.8) is 0 Å². The minimum absolute atomic E-state index is 0.224. The van der Waals surface area contributed by atoms with Gasteiger partial charge in [-0.15, -0.1) is 21.8 Å². The van der Waals surface area contributed by atoms with Crippen LogP contribution in [0, 0.1) is 20.8 Å². The van der Waals surface area contributed by atoms with E-state index in [0.717, 1.165) is 22.6 Å². The Labute approximate surface area is 92.2 Å². The summed E-state index contributed by atoms with van der Waals surface area (Å²) in [5.74, 6) is 2.77. The molecule has 0 N–H and O–H groups in total. The van der Waals surface area contributed by atoms with Gasteiger partial charge in [-0.3, -0.25) is 0 Å². The van der Waals surface area contributed by atoms with Crippen LogP contribution >= 0.6 is 11.6 Å². The van der Waals surface area contributed by atoms with E-state index >= 15 is 0 Å². The Kier molecular flexibility index (Phi) is 2.52. The zero-order valence-electron chi connectivity index (χ0n) is 8.80. The summed E-state index contributed by atoms with van der Waals surface area (Å²) in [6.45, 7) is 5.75. The Balaban J connectivity index is 2.53. The molecule has 2 aromatic heterocycles. The molecule has 4 nitrogen and oxygen atoms in total. The predicted molar refractivity (Wildman–Crippen MR) is 55.8 cm³/mol. The Bertz CT molecular complexity index is 488. The van der Waals surface area contributed by atoms with E-state index in [4.69, 9.17) is 20.4 Å². The van der Waals surface area contributed by atoms with E-state index in [9.17, 15) is 0 Å². The first-order valence-electron chi connectivity index (χ1n) is 4.58. The molecule has 0 saturated carbocycles. The number of hydrogen-bond acceptors (Lipinski definition) is 4. The molecule has 2 heterocycles. The van der Waals surface area contributed by atoms with Crippen LogP contribution in [0.4, 0.5) is 0 Å². The van der Waals surface area contributed by atoms with Crippen LogP contribution < -0.4 is 0 Å². The van der Waals surface area contributed by atoms with Crippen molar-refractivity contribution < 1.29 is 8.83 Å². The van der Waals surface area contributed by atoms with Gasteiger partial charge in [-0.05, 0) is 20.8 Å². The Morgan fingerprint density at radius 1 is 1.07 bits per heavy atom. The lowest BCUT2D eigenvalue weighted by atomic mass is 10.1. The topological polar surface area (TPSA) is 52.1 Å². The van der Waals surface area contributed by atoms with Crippen molar-refractivity contribution in [3.05, 3.63) is 23.0 Å². The number of halogens is 1. The highest BCUT2D eigenvalue weighted by atomic mass is 35.5. The third-order valence-electron chi connectivity index (χ3n) is 2.36. The maximum Gasteiger partial charge on any atom is 0.251 e. The second-order valence-electron chi connectivity index (χ2n) is 3.35. The summed E-state index contributed by atoms with van der Waals surface area (Å²) < 4.78 is 10.9. The standard InChI is InChI=1S/C10H11ClN2O2/c1-5-6(2)14-7(3)9(5)10-13-12-8(4-11)15-10/h4H2,1-3H3. The average Bonchev–Trinajstić information content (AvgIpc) is 2.74. The van der Waals surface area contributed by atoms with E-state index in [2.05, 4.69) is 10.2 Å². The number of aromatic nitrogens is 2. The molecule has 0 amide bonds. The summed E-state index contributed by atoms with van der Waals surface area (Å²) in [6.07, 6.45) is 0. The maximum absolute atomic E-state index is 5.59. The fourth-order valence-corrected chi connectivity index (χ4v) is 1.62. The SMILES string of the molecule is Cc1oc(C)c(-c2nnc(CCl)o2)c1C. The first kappa shape index (κ1) is 10.2. The van der Waals surface area contributed by atoms with E-state index in [-0.39, 0.29) is 5.88 Å². The van der Waals surface area contributed by atoms with Gasteiger partial charge in [0.2, 0.25) is 5.89 Å². The Morgan fingerprint density at radius 2 is 1.80 bits per heavy atom. The molecular weight excluding hydrogens is 216 g/mol. The van der Waals surface area contributed by atoms with Gasteiger partial charge in [0.25, 0.3) is 5.89 Å². The highest BCUT2D eigenvalue weighted by molar-refractivity contribution is 6.16.